The number of aromatic amines is 2. The number of nitrogens with two attached hydrogens (primary N) is 4. The summed E-state index contributed by atoms with van der Waals surface area (Å²) in [5.41, 5.74) is 21.0. The number of nitrogens with one attached hydrogen (secondary N) is 2. The third-order valence-corrected chi connectivity index (χ3v) is 16.9. The largest absolute Gasteiger partial charge is 0.756 e. The summed E-state index contributed by atoms with van der Waals surface area (Å²) < 4.78 is 113. The first-order valence-electron chi connectivity index (χ1n) is 21.7. The number of nitrogen functional groups attached to an aromatic ring is 4. The second kappa shape index (κ2) is 21.0. The molecule has 422 valence electrons. The molecule has 0 bridgehead atoms. The predicted octanol–water partition coefficient (Wildman–Crippen LogP) is -7.00. The molecule has 3 fully saturated rings. The Morgan fingerprint density at radius 3 is 1.86 bits per heavy atom. The topological polar surface area (TPSA) is 589 Å². The fourth-order valence-electron chi connectivity index (χ4n) is 8.62. The molecule has 3 aliphatic heterocycles. The van der Waals surface area contributed by atoms with Crippen LogP contribution >= 0.6 is 31.3 Å². The lowest BCUT2D eigenvalue weighted by Crippen LogP contribution is -2.46. The van der Waals surface area contributed by atoms with Crippen molar-refractivity contribution in [2.24, 2.45) is 7.05 Å². The van der Waals surface area contributed by atoms with Crippen molar-refractivity contribution in [2.75, 3.05) is 57.0 Å². The smallest absolute Gasteiger partial charge is 0.313 e. The molecule has 0 amide bonds. The van der Waals surface area contributed by atoms with Crippen molar-refractivity contribution >= 4 is 88.4 Å². The maximum absolute atomic E-state index is 13.6. The molecule has 9 rings (SSSR count). The zero-order valence-corrected chi connectivity index (χ0v) is 42.8. The minimum absolute atomic E-state index is 0.00660. The number of anilines is 4. The maximum atomic E-state index is 13.6. The van der Waals surface area contributed by atoms with Crippen LogP contribution in [0.4, 0.5) is 23.7 Å². The molecule has 6 aromatic heterocycles. The maximum Gasteiger partial charge on any atom is 0.313 e. The van der Waals surface area contributed by atoms with Crippen LogP contribution in [0.2, 0.25) is 0 Å². The van der Waals surface area contributed by atoms with E-state index in [1.165, 1.54) is 22.5 Å². The fourth-order valence-corrected chi connectivity index (χ4v) is 13.0. The lowest BCUT2D eigenvalue weighted by atomic mass is 10.1. The van der Waals surface area contributed by atoms with E-state index in [0.717, 1.165) is 36.0 Å². The first-order valence-corrected chi connectivity index (χ1v) is 27.5. The van der Waals surface area contributed by atoms with E-state index in [1.807, 2.05) is 0 Å². The molecule has 0 aliphatic carbocycles. The van der Waals surface area contributed by atoms with Crippen molar-refractivity contribution < 1.29 is 108 Å². The van der Waals surface area contributed by atoms with E-state index in [2.05, 4.69) is 53.0 Å². The van der Waals surface area contributed by atoms with Crippen LogP contribution in [-0.4, -0.2) is 158 Å². The number of aliphatic hydroxyl groups excluding tert-OH is 3. The summed E-state index contributed by atoms with van der Waals surface area (Å²) in [7, 11) is -21.2. The van der Waals surface area contributed by atoms with Gasteiger partial charge in [0.2, 0.25) is 23.6 Å². The Morgan fingerprint density at radius 2 is 1.21 bits per heavy atom. The van der Waals surface area contributed by atoms with Crippen LogP contribution in [0.1, 0.15) is 18.7 Å². The normalized spacial score (nSPS) is 30.0. The van der Waals surface area contributed by atoms with Crippen molar-refractivity contribution in [1.82, 2.24) is 53.6 Å². The van der Waals surface area contributed by atoms with Crippen molar-refractivity contribution in [2.45, 2.75) is 73.6 Å². The first-order chi connectivity index (χ1) is 36.1. The third-order valence-electron chi connectivity index (χ3n) is 11.8. The van der Waals surface area contributed by atoms with Crippen molar-refractivity contribution in [3.63, 3.8) is 0 Å². The van der Waals surface area contributed by atoms with Gasteiger partial charge in [-0.1, -0.05) is 4.98 Å². The summed E-state index contributed by atoms with van der Waals surface area (Å²) in [6, 6.07) is 0. The number of imidazole rings is 3. The van der Waals surface area contributed by atoms with E-state index < -0.39 is 136 Å². The van der Waals surface area contributed by atoms with E-state index in [-0.39, 0.29) is 57.2 Å². The number of H-pyrrole nitrogens is 2. The molecule has 0 radical (unpaired) electrons. The number of aliphatic hydroxyl groups is 3. The van der Waals surface area contributed by atoms with Gasteiger partial charge in [0.25, 0.3) is 48.4 Å². The number of hydrogen-bond donors (Lipinski definition) is 9. The van der Waals surface area contributed by atoms with Crippen LogP contribution in [0, 0.1) is 0 Å². The molecule has 9 heterocycles. The summed E-state index contributed by atoms with van der Waals surface area (Å²) >= 11 is 0. The molecule has 40 nitrogen and oxygen atoms in total. The van der Waals surface area contributed by atoms with E-state index in [0.29, 0.717) is 0 Å². The monoisotopic (exact) mass is 1170 g/mol. The quantitative estimate of drug-likeness (QED) is 0.0253. The molecular weight excluding hydrogens is 1130 g/mol. The van der Waals surface area contributed by atoms with Crippen LogP contribution in [0.25, 0.3) is 33.5 Å². The highest BCUT2D eigenvalue weighted by molar-refractivity contribution is 7.65. The molecule has 0 aromatic carbocycles. The molecule has 13 N–H and O–H groups in total. The summed E-state index contributed by atoms with van der Waals surface area (Å²) in [6.07, 6.45) is -16.7. The fraction of sp³-hybridized carbons (Fsp3) is 0.545. The van der Waals surface area contributed by atoms with E-state index in [1.54, 1.807) is 0 Å². The van der Waals surface area contributed by atoms with Gasteiger partial charge in [0, 0.05) is 14.2 Å². The average Bonchev–Trinajstić information content (AvgIpc) is 4.18. The Labute approximate surface area is 426 Å². The van der Waals surface area contributed by atoms with Gasteiger partial charge in [0.05, 0.1) is 39.5 Å². The summed E-state index contributed by atoms with van der Waals surface area (Å²) in [6.45, 7) is -3.62. The number of ether oxygens (including phenoxy) is 5. The highest BCUT2D eigenvalue weighted by Crippen LogP contribution is 2.63. The summed E-state index contributed by atoms with van der Waals surface area (Å²) in [4.78, 5) is 106. The van der Waals surface area contributed by atoms with Gasteiger partial charge in [0.15, 0.2) is 41.4 Å². The highest BCUT2D eigenvalue weighted by atomic mass is 31.3. The van der Waals surface area contributed by atoms with E-state index in [4.69, 9.17) is 60.2 Å². The zero-order chi connectivity index (χ0) is 55.8. The molecule has 44 heteroatoms. The minimum atomic E-state index is -6.58. The Bertz CT molecular complexity index is 3540. The van der Waals surface area contributed by atoms with Gasteiger partial charge in [-0.2, -0.15) is 15.0 Å². The van der Waals surface area contributed by atoms with Crippen LogP contribution in [0.5, 0.6) is 0 Å². The molecular formula is C33H43N16O24P4-3. The number of methoxy groups -OCH3 is 2. The van der Waals surface area contributed by atoms with Gasteiger partial charge in [-0.15, -0.1) is 0 Å². The Balaban J connectivity index is 0.874. The molecule has 7 unspecified atom stereocenters. The molecule has 3 saturated heterocycles. The van der Waals surface area contributed by atoms with Gasteiger partial charge in [-0.25, -0.2) is 23.2 Å². The van der Waals surface area contributed by atoms with Crippen LogP contribution < -0.4 is 58.2 Å². The number of rotatable bonds is 20. The lowest BCUT2D eigenvalue weighted by Gasteiger charge is -2.35. The van der Waals surface area contributed by atoms with Crippen LogP contribution in [0.15, 0.2) is 28.6 Å². The number of aromatic nitrogens is 12. The number of phosphoric acid groups is 4. The van der Waals surface area contributed by atoms with Crippen molar-refractivity contribution in [1.29, 1.82) is 0 Å². The molecule has 3 aliphatic rings. The summed E-state index contributed by atoms with van der Waals surface area (Å²) in [5.74, 6) is -1.22. The second-order valence-electron chi connectivity index (χ2n) is 16.8. The Morgan fingerprint density at radius 1 is 0.662 bits per heavy atom. The first kappa shape index (κ1) is 56.4. The number of aryl methyl sites for hydroxylation is 1. The lowest BCUT2D eigenvalue weighted by molar-refractivity contribution is -0.745. The van der Waals surface area contributed by atoms with Crippen molar-refractivity contribution in [3.8, 4) is 0 Å². The van der Waals surface area contributed by atoms with Crippen LogP contribution in [0.3, 0.4) is 0 Å². The van der Waals surface area contributed by atoms with Crippen LogP contribution in [-0.2, 0) is 75.7 Å². The van der Waals surface area contributed by atoms with Gasteiger partial charge in [-0.05, 0) is 0 Å². The van der Waals surface area contributed by atoms with Gasteiger partial charge < -0.3 is 99.6 Å². The minimum Gasteiger partial charge on any atom is -0.756 e. The van der Waals surface area contributed by atoms with E-state index >= 15 is 0 Å². The van der Waals surface area contributed by atoms with Gasteiger partial charge in [-0.3, -0.25) is 51.5 Å². The van der Waals surface area contributed by atoms with Gasteiger partial charge >= 0.3 is 5.65 Å². The molecule has 77 heavy (non-hydrogen) atoms. The molecule has 0 spiro atoms. The number of nitrogens with zero attached hydrogens (tertiary/aromatic N) is 10. The second-order valence-corrected chi connectivity index (χ2v) is 22.7. The SMILES string of the molecule is COC1[C@@H](COP(=O)([O-])OP(=O)([O-])OP(=O)([O-])OC[C@H]2O[C@@H](n3cnc4c(N)nc(N)nc43)[C@@H](OC)C2OP(=O)([O-])OC[C@H]2O[C@@H](n3cnc4c(=O)[nH]c(N)nc43)C(O)[C@H]2O)O[C@@H]([n+]2cn(C)c3c(=O)[nH]c(N)nc32)[C@H]1O. The molecule has 6 aromatic rings. The van der Waals surface area contributed by atoms with Gasteiger partial charge in [0.1, 0.15) is 60.5 Å². The standard InChI is InChI=1S/C33H46N16O24P4/c1-46-9-49(25-15(46)27(54)45-33(37)43-25)29-18(52)19(63-2)11(69-29)5-66-75(57,58)72-77(61,62)73-76(59,60)67-6-12-20(21(64-3)30(70-12)48-7-38-13-22(34)40-31(35)41-23(13)48)71-74(55,56)65-4-10-16(50)17(51)28(68-10)47-8-39-14-24(47)42-32(36)44-26(14)53/h7-12,16-21,28-30,50-52H,4-6H2,1-3H3,(H13-,34,35,36,37,40,41,42,43,44,45,53,54,55,56,57,58,59,60,61,62)/p-3/t10-,11-,12-,16+,17?,18+,19?,20?,21+,28-,29-,30-/m1/s1. The van der Waals surface area contributed by atoms with E-state index in [9.17, 15) is 62.7 Å². The highest BCUT2D eigenvalue weighted by Gasteiger charge is 2.52. The predicted molar refractivity (Wildman–Crippen MR) is 239 cm³/mol. The average molecular weight is 1170 g/mol. The van der Waals surface area contributed by atoms with Crippen molar-refractivity contribution in [3.05, 3.63) is 39.7 Å². The Kier molecular flexibility index (Phi) is 15.4. The summed E-state index contributed by atoms with van der Waals surface area (Å²) in [5, 5.41) is 32.8. The molecule has 0 saturated carbocycles. The number of phosphoric ester groups is 3. The number of hydrogen-bond acceptors (Lipinski definition) is 34. The molecule has 16 atom stereocenters. The third kappa shape index (κ3) is 11.3. The zero-order valence-electron chi connectivity index (χ0n) is 39.3. The Hall–Kier alpha value is -5.35. The number of fused-ring (bicyclic) bond motifs is 3.